The van der Waals surface area contributed by atoms with Crippen LogP contribution in [-0.2, 0) is 24.3 Å². The second-order valence-electron chi connectivity index (χ2n) is 7.01. The van der Waals surface area contributed by atoms with E-state index >= 15 is 0 Å². The van der Waals surface area contributed by atoms with Crippen LogP contribution < -0.4 is 0 Å². The molecule has 2 aromatic heterocycles. The van der Waals surface area contributed by atoms with E-state index in [0.29, 0.717) is 12.3 Å². The summed E-state index contributed by atoms with van der Waals surface area (Å²) in [7, 11) is 0. The highest BCUT2D eigenvalue weighted by Crippen LogP contribution is 2.23. The number of hydrogen-bond donors (Lipinski definition) is 1. The van der Waals surface area contributed by atoms with Gasteiger partial charge in [0.25, 0.3) is 0 Å². The van der Waals surface area contributed by atoms with Gasteiger partial charge in [-0.2, -0.15) is 5.10 Å². The Kier molecular flexibility index (Phi) is 5.58. The quantitative estimate of drug-likeness (QED) is 0.834. The molecule has 6 heteroatoms. The molecule has 25 heavy (non-hydrogen) atoms. The summed E-state index contributed by atoms with van der Waals surface area (Å²) in [5.74, 6) is 1.67. The van der Waals surface area contributed by atoms with Crippen LogP contribution in [0, 0.1) is 6.92 Å². The van der Waals surface area contributed by atoms with Gasteiger partial charge in [0.15, 0.2) is 0 Å². The molecule has 6 nitrogen and oxygen atoms in total. The number of hydrogen-bond acceptors (Lipinski definition) is 4. The van der Waals surface area contributed by atoms with Gasteiger partial charge in [-0.25, -0.2) is 0 Å². The van der Waals surface area contributed by atoms with Crippen LogP contribution >= 0.6 is 0 Å². The molecule has 0 aromatic carbocycles. The lowest BCUT2D eigenvalue weighted by Crippen LogP contribution is -2.25. The number of nitrogens with zero attached hydrogens (tertiary/aromatic N) is 3. The molecule has 1 aliphatic rings. The highest BCUT2D eigenvalue weighted by atomic mass is 16.4. The number of furan rings is 1. The molecule has 0 radical (unpaired) electrons. The minimum atomic E-state index is -0.771. The fraction of sp³-hybridized carbons (Fsp3) is 0.579. The Bertz CT molecular complexity index is 719. The van der Waals surface area contributed by atoms with Crippen molar-refractivity contribution in [1.82, 2.24) is 14.7 Å². The van der Waals surface area contributed by atoms with Crippen LogP contribution in [0.15, 0.2) is 22.6 Å². The molecule has 0 saturated heterocycles. The molecule has 3 rings (SSSR count). The van der Waals surface area contributed by atoms with Gasteiger partial charge < -0.3 is 9.52 Å². The largest absolute Gasteiger partial charge is 0.481 e. The molecular weight excluding hydrogens is 318 g/mol. The van der Waals surface area contributed by atoms with Gasteiger partial charge in [-0.05, 0) is 44.5 Å². The van der Waals surface area contributed by atoms with Crippen molar-refractivity contribution in [3.8, 4) is 0 Å². The van der Waals surface area contributed by atoms with Crippen molar-refractivity contribution in [1.29, 1.82) is 0 Å². The van der Waals surface area contributed by atoms with Crippen LogP contribution in [-0.4, -0.2) is 38.8 Å². The normalized spacial score (nSPS) is 16.4. The maximum Gasteiger partial charge on any atom is 0.303 e. The van der Waals surface area contributed by atoms with Crippen molar-refractivity contribution in [2.24, 2.45) is 0 Å². The summed E-state index contributed by atoms with van der Waals surface area (Å²) in [6, 6.07) is 6.17. The standard InChI is InChI=1S/C19H27N3O3/c1-14(18-6-4-15(2)25-18)8-11-21-9-3-10-22-17(13-21)12-16(20-22)5-7-19(23)24/h4,6,12,14H,3,5,7-11,13H2,1-2H3,(H,23,24). The zero-order valence-electron chi connectivity index (χ0n) is 15.1. The fourth-order valence-corrected chi connectivity index (χ4v) is 3.37. The van der Waals surface area contributed by atoms with E-state index < -0.39 is 5.97 Å². The molecule has 1 unspecified atom stereocenters. The van der Waals surface area contributed by atoms with Gasteiger partial charge in [-0.3, -0.25) is 14.4 Å². The average Bonchev–Trinajstić information content (AvgIpc) is 3.12. The Morgan fingerprint density at radius 2 is 2.24 bits per heavy atom. The lowest BCUT2D eigenvalue weighted by molar-refractivity contribution is -0.136. The van der Waals surface area contributed by atoms with Gasteiger partial charge in [0.1, 0.15) is 11.5 Å². The van der Waals surface area contributed by atoms with Crippen molar-refractivity contribution in [2.45, 2.75) is 58.5 Å². The minimum absolute atomic E-state index is 0.139. The monoisotopic (exact) mass is 345 g/mol. The van der Waals surface area contributed by atoms with E-state index in [1.54, 1.807) is 0 Å². The number of aromatic nitrogens is 2. The van der Waals surface area contributed by atoms with E-state index in [1.807, 2.05) is 13.0 Å². The first kappa shape index (κ1) is 17.7. The maximum atomic E-state index is 10.7. The lowest BCUT2D eigenvalue weighted by Gasteiger charge is -2.21. The summed E-state index contributed by atoms with van der Waals surface area (Å²) in [6.45, 7) is 8.07. The van der Waals surface area contributed by atoms with Gasteiger partial charge >= 0.3 is 5.97 Å². The molecule has 3 heterocycles. The second kappa shape index (κ2) is 7.87. The van der Waals surface area contributed by atoms with Crippen LogP contribution in [0.25, 0.3) is 0 Å². The predicted octanol–water partition coefficient (Wildman–Crippen LogP) is 3.20. The van der Waals surface area contributed by atoms with Crippen LogP contribution in [0.3, 0.4) is 0 Å². The van der Waals surface area contributed by atoms with Crippen molar-refractivity contribution in [3.05, 3.63) is 41.1 Å². The third-order valence-corrected chi connectivity index (χ3v) is 4.86. The molecule has 0 spiro atoms. The molecule has 0 fully saturated rings. The van der Waals surface area contributed by atoms with E-state index in [2.05, 4.69) is 33.7 Å². The fourth-order valence-electron chi connectivity index (χ4n) is 3.37. The molecular formula is C19H27N3O3. The molecule has 0 amide bonds. The molecule has 0 saturated carbocycles. The van der Waals surface area contributed by atoms with Crippen molar-refractivity contribution in [3.63, 3.8) is 0 Å². The third-order valence-electron chi connectivity index (χ3n) is 4.86. The number of aliphatic carboxylic acids is 1. The first-order valence-corrected chi connectivity index (χ1v) is 9.07. The Morgan fingerprint density at radius 3 is 2.96 bits per heavy atom. The van der Waals surface area contributed by atoms with E-state index in [0.717, 1.165) is 56.2 Å². The third kappa shape index (κ3) is 4.72. The molecule has 2 aromatic rings. The molecule has 1 aliphatic heterocycles. The minimum Gasteiger partial charge on any atom is -0.481 e. The number of carbonyl (C=O) groups is 1. The summed E-state index contributed by atoms with van der Waals surface area (Å²) in [4.78, 5) is 13.2. The topological polar surface area (TPSA) is 71.5 Å². The molecule has 0 bridgehead atoms. The summed E-state index contributed by atoms with van der Waals surface area (Å²) in [6.07, 6.45) is 2.78. The molecule has 0 aliphatic carbocycles. The zero-order valence-corrected chi connectivity index (χ0v) is 15.1. The number of aryl methyl sites for hydroxylation is 3. The molecule has 136 valence electrons. The maximum absolute atomic E-state index is 10.7. The Labute approximate surface area is 148 Å². The van der Waals surface area contributed by atoms with Crippen molar-refractivity contribution < 1.29 is 14.3 Å². The first-order chi connectivity index (χ1) is 12.0. The number of carboxylic acids is 1. The van der Waals surface area contributed by atoms with Gasteiger partial charge in [0, 0.05) is 32.0 Å². The van der Waals surface area contributed by atoms with Crippen LogP contribution in [0.1, 0.15) is 55.0 Å². The summed E-state index contributed by atoms with van der Waals surface area (Å²) in [5.41, 5.74) is 2.08. The summed E-state index contributed by atoms with van der Waals surface area (Å²) < 4.78 is 7.79. The summed E-state index contributed by atoms with van der Waals surface area (Å²) in [5, 5.41) is 13.4. The van der Waals surface area contributed by atoms with Crippen LogP contribution in [0.5, 0.6) is 0 Å². The van der Waals surface area contributed by atoms with E-state index in [9.17, 15) is 4.79 Å². The van der Waals surface area contributed by atoms with E-state index in [4.69, 9.17) is 9.52 Å². The summed E-state index contributed by atoms with van der Waals surface area (Å²) >= 11 is 0. The second-order valence-corrected chi connectivity index (χ2v) is 7.01. The predicted molar refractivity (Wildman–Crippen MR) is 94.6 cm³/mol. The molecule has 1 atom stereocenters. The van der Waals surface area contributed by atoms with Gasteiger partial charge in [-0.15, -0.1) is 0 Å². The smallest absolute Gasteiger partial charge is 0.303 e. The van der Waals surface area contributed by atoms with Gasteiger partial charge in [0.05, 0.1) is 17.8 Å². The van der Waals surface area contributed by atoms with E-state index in [1.165, 1.54) is 5.69 Å². The Balaban J connectivity index is 1.56. The highest BCUT2D eigenvalue weighted by Gasteiger charge is 2.18. The number of fused-ring (bicyclic) bond motifs is 1. The van der Waals surface area contributed by atoms with E-state index in [-0.39, 0.29) is 6.42 Å². The van der Waals surface area contributed by atoms with Crippen molar-refractivity contribution >= 4 is 5.97 Å². The molecule has 1 N–H and O–H groups in total. The Hall–Kier alpha value is -2.08. The Morgan fingerprint density at radius 1 is 1.40 bits per heavy atom. The average molecular weight is 345 g/mol. The zero-order chi connectivity index (χ0) is 17.8. The van der Waals surface area contributed by atoms with Crippen LogP contribution in [0.2, 0.25) is 0 Å². The SMILES string of the molecule is Cc1ccc(C(C)CCN2CCCn3nc(CCC(=O)O)cc3C2)o1. The van der Waals surface area contributed by atoms with Gasteiger partial charge in [-0.1, -0.05) is 6.92 Å². The lowest BCUT2D eigenvalue weighted by atomic mass is 10.0. The first-order valence-electron chi connectivity index (χ1n) is 9.07. The van der Waals surface area contributed by atoms with Crippen LogP contribution in [0.4, 0.5) is 0 Å². The number of rotatable bonds is 7. The number of carboxylic acid groups (broad SMARTS) is 1. The van der Waals surface area contributed by atoms with Crippen molar-refractivity contribution in [2.75, 3.05) is 13.1 Å². The highest BCUT2D eigenvalue weighted by molar-refractivity contribution is 5.66. The van der Waals surface area contributed by atoms with Gasteiger partial charge in [0.2, 0.25) is 0 Å².